The molecular formula is C24H12N2S2. The minimum Gasteiger partial charge on any atom is -0.256 e. The van der Waals surface area contributed by atoms with E-state index in [-0.39, 0.29) is 0 Å². The summed E-state index contributed by atoms with van der Waals surface area (Å²) in [5.41, 5.74) is 2.11. The molecule has 7 aromatic rings. The molecule has 4 heterocycles. The number of thiophene rings is 2. The normalized spacial score (nSPS) is 12.3. The number of nitrogens with zero attached hydrogens (tertiary/aromatic N) is 2. The molecule has 0 aliphatic rings. The maximum absolute atomic E-state index is 4.59. The molecule has 0 saturated carbocycles. The van der Waals surface area contributed by atoms with Crippen LogP contribution in [0.5, 0.6) is 0 Å². The number of aromatic nitrogens is 2. The van der Waals surface area contributed by atoms with Gasteiger partial charge in [-0.2, -0.15) is 0 Å². The van der Waals surface area contributed by atoms with E-state index >= 15 is 0 Å². The summed E-state index contributed by atoms with van der Waals surface area (Å²) in [7, 11) is 0. The van der Waals surface area contributed by atoms with Gasteiger partial charge in [0.25, 0.3) is 0 Å². The van der Waals surface area contributed by atoms with E-state index in [1.54, 1.807) is 0 Å². The molecule has 0 unspecified atom stereocenters. The fourth-order valence-corrected chi connectivity index (χ4v) is 6.68. The zero-order chi connectivity index (χ0) is 18.2. The lowest BCUT2D eigenvalue weighted by atomic mass is 10.0. The maximum atomic E-state index is 4.59. The number of pyridine rings is 2. The Bertz CT molecular complexity index is 1590. The first-order chi connectivity index (χ1) is 13.9. The molecule has 7 rings (SSSR count). The molecule has 130 valence electrons. The summed E-state index contributed by atoms with van der Waals surface area (Å²) in [6.07, 6.45) is 3.75. The molecule has 0 atom stereocenters. The van der Waals surface area contributed by atoms with Crippen LogP contribution in [0.1, 0.15) is 0 Å². The topological polar surface area (TPSA) is 25.8 Å². The minimum atomic E-state index is 1.05. The third-order valence-electron chi connectivity index (χ3n) is 5.56. The molecular weight excluding hydrogens is 380 g/mol. The summed E-state index contributed by atoms with van der Waals surface area (Å²) < 4.78 is 5.31. The molecule has 0 N–H and O–H groups in total. The number of hydrogen-bond acceptors (Lipinski definition) is 4. The molecule has 0 saturated heterocycles. The van der Waals surface area contributed by atoms with Crippen LogP contribution in [0, 0.1) is 0 Å². The van der Waals surface area contributed by atoms with Gasteiger partial charge in [0.15, 0.2) is 0 Å². The zero-order valence-corrected chi connectivity index (χ0v) is 16.3. The molecule has 3 aromatic carbocycles. The summed E-state index contributed by atoms with van der Waals surface area (Å²) in [5, 5.41) is 7.85. The predicted molar refractivity (Wildman–Crippen MR) is 123 cm³/mol. The van der Waals surface area contributed by atoms with Gasteiger partial charge in [0.05, 0.1) is 11.0 Å². The molecule has 4 aromatic heterocycles. The van der Waals surface area contributed by atoms with E-state index in [1.165, 1.54) is 51.1 Å². The Kier molecular flexibility index (Phi) is 2.80. The maximum Gasteiger partial charge on any atom is 0.0709 e. The first kappa shape index (κ1) is 14.9. The summed E-state index contributed by atoms with van der Waals surface area (Å²) in [5.74, 6) is 0. The van der Waals surface area contributed by atoms with Crippen molar-refractivity contribution in [2.45, 2.75) is 0 Å². The average Bonchev–Trinajstić information content (AvgIpc) is 3.31. The number of benzene rings is 3. The Labute approximate surface area is 167 Å². The Morgan fingerprint density at radius 3 is 1.39 bits per heavy atom. The quantitative estimate of drug-likeness (QED) is 0.267. The molecule has 4 heteroatoms. The Balaban J connectivity index is 1.87. The Hall–Kier alpha value is -3.08. The Morgan fingerprint density at radius 2 is 0.893 bits per heavy atom. The van der Waals surface area contributed by atoms with Crippen molar-refractivity contribution in [3.8, 4) is 0 Å². The third-order valence-corrected chi connectivity index (χ3v) is 7.80. The van der Waals surface area contributed by atoms with Crippen LogP contribution >= 0.6 is 22.7 Å². The Morgan fingerprint density at radius 1 is 0.464 bits per heavy atom. The fraction of sp³-hybridized carbons (Fsp3) is 0. The molecule has 0 aliphatic heterocycles. The summed E-state index contributed by atoms with van der Waals surface area (Å²) in [6, 6.07) is 21.7. The van der Waals surface area contributed by atoms with Crippen LogP contribution in [0.4, 0.5) is 0 Å². The van der Waals surface area contributed by atoms with Gasteiger partial charge in [-0.15, -0.1) is 22.7 Å². The second kappa shape index (κ2) is 5.25. The van der Waals surface area contributed by atoms with E-state index in [0.717, 1.165) is 11.0 Å². The lowest BCUT2D eigenvalue weighted by Gasteiger charge is -2.03. The zero-order valence-electron chi connectivity index (χ0n) is 14.6. The monoisotopic (exact) mass is 392 g/mol. The molecule has 0 spiro atoms. The van der Waals surface area contributed by atoms with Crippen molar-refractivity contribution in [3.05, 3.63) is 73.1 Å². The van der Waals surface area contributed by atoms with Gasteiger partial charge in [0.1, 0.15) is 0 Å². The van der Waals surface area contributed by atoms with Gasteiger partial charge in [-0.3, -0.25) is 9.97 Å². The van der Waals surface area contributed by atoms with Crippen molar-refractivity contribution in [2.75, 3.05) is 0 Å². The van der Waals surface area contributed by atoms with Crippen molar-refractivity contribution in [1.29, 1.82) is 0 Å². The SMILES string of the molecule is c1cnc2ccc3sc4ccc5sc6ccc7ncccc7c6c5c4c3c2c1. The summed E-state index contributed by atoms with van der Waals surface area (Å²) in [6.45, 7) is 0. The minimum absolute atomic E-state index is 1.05. The second-order valence-electron chi connectivity index (χ2n) is 7.03. The van der Waals surface area contributed by atoms with E-state index in [0.29, 0.717) is 0 Å². The van der Waals surface area contributed by atoms with Gasteiger partial charge >= 0.3 is 0 Å². The molecule has 2 nitrogen and oxygen atoms in total. The van der Waals surface area contributed by atoms with Gasteiger partial charge < -0.3 is 0 Å². The highest BCUT2D eigenvalue weighted by molar-refractivity contribution is 7.28. The highest BCUT2D eigenvalue weighted by Crippen LogP contribution is 2.47. The molecule has 0 amide bonds. The van der Waals surface area contributed by atoms with Gasteiger partial charge in [-0.1, -0.05) is 12.1 Å². The summed E-state index contributed by atoms with van der Waals surface area (Å²) in [4.78, 5) is 9.19. The van der Waals surface area contributed by atoms with E-state index in [2.05, 4.69) is 58.5 Å². The molecule has 0 fully saturated rings. The standard InChI is InChI=1S/C24H12N2S2/c1-3-13-15(25-11-1)5-7-17-21(13)23-19(27-17)9-10-20-24(23)22-14-4-2-12-26-16(14)6-8-18(22)28-20/h1-12H. The van der Waals surface area contributed by atoms with Crippen LogP contribution < -0.4 is 0 Å². The van der Waals surface area contributed by atoms with E-state index in [1.807, 2.05) is 47.2 Å². The molecule has 28 heavy (non-hydrogen) atoms. The molecule has 0 aliphatic carbocycles. The van der Waals surface area contributed by atoms with Gasteiger partial charge in [-0.25, -0.2) is 0 Å². The van der Waals surface area contributed by atoms with E-state index in [9.17, 15) is 0 Å². The van der Waals surface area contributed by atoms with Crippen LogP contribution in [0.3, 0.4) is 0 Å². The number of fused-ring (bicyclic) bond motifs is 11. The summed E-state index contributed by atoms with van der Waals surface area (Å²) >= 11 is 3.74. The smallest absolute Gasteiger partial charge is 0.0709 e. The van der Waals surface area contributed by atoms with Crippen molar-refractivity contribution in [1.82, 2.24) is 9.97 Å². The average molecular weight is 393 g/mol. The van der Waals surface area contributed by atoms with E-state index in [4.69, 9.17) is 0 Å². The first-order valence-corrected chi connectivity index (χ1v) is 10.8. The highest BCUT2D eigenvalue weighted by atomic mass is 32.1. The van der Waals surface area contributed by atoms with Crippen molar-refractivity contribution >= 4 is 84.8 Å². The number of hydrogen-bond donors (Lipinski definition) is 0. The van der Waals surface area contributed by atoms with Crippen LogP contribution in [-0.2, 0) is 0 Å². The largest absolute Gasteiger partial charge is 0.256 e. The highest BCUT2D eigenvalue weighted by Gasteiger charge is 2.17. The third kappa shape index (κ3) is 1.81. The lowest BCUT2D eigenvalue weighted by molar-refractivity contribution is 1.42. The van der Waals surface area contributed by atoms with Crippen LogP contribution in [0.15, 0.2) is 73.1 Å². The van der Waals surface area contributed by atoms with Crippen molar-refractivity contribution < 1.29 is 0 Å². The van der Waals surface area contributed by atoms with Crippen LogP contribution in [0.2, 0.25) is 0 Å². The van der Waals surface area contributed by atoms with Gasteiger partial charge in [0.2, 0.25) is 0 Å². The van der Waals surface area contributed by atoms with Gasteiger partial charge in [-0.05, 0) is 48.5 Å². The van der Waals surface area contributed by atoms with Crippen molar-refractivity contribution in [3.63, 3.8) is 0 Å². The first-order valence-electron chi connectivity index (χ1n) is 9.17. The molecule has 0 radical (unpaired) electrons. The lowest BCUT2D eigenvalue weighted by Crippen LogP contribution is -1.80. The fourth-order valence-electron chi connectivity index (χ4n) is 4.42. The van der Waals surface area contributed by atoms with Crippen molar-refractivity contribution in [2.24, 2.45) is 0 Å². The molecule has 0 bridgehead atoms. The van der Waals surface area contributed by atoms with E-state index < -0.39 is 0 Å². The van der Waals surface area contributed by atoms with Crippen LogP contribution in [-0.4, -0.2) is 9.97 Å². The number of rotatable bonds is 0. The predicted octanol–water partition coefficient (Wildman–Crippen LogP) is 7.52. The second-order valence-corrected chi connectivity index (χ2v) is 9.20. The van der Waals surface area contributed by atoms with Crippen LogP contribution in [0.25, 0.3) is 62.2 Å². The van der Waals surface area contributed by atoms with Gasteiger partial charge in [0, 0.05) is 63.5 Å².